The molecule has 1 aliphatic rings. The lowest BCUT2D eigenvalue weighted by Crippen LogP contribution is -2.07. The summed E-state index contributed by atoms with van der Waals surface area (Å²) in [6.45, 7) is 11.4. The van der Waals surface area contributed by atoms with Crippen LogP contribution in [0.3, 0.4) is 0 Å². The van der Waals surface area contributed by atoms with Gasteiger partial charge in [0.15, 0.2) is 0 Å². The largest absolute Gasteiger partial charge is 0.0640 e. The third-order valence-electron chi connectivity index (χ3n) is 3.56. The summed E-state index contributed by atoms with van der Waals surface area (Å²) in [5, 5.41) is 0.453. The summed E-state index contributed by atoms with van der Waals surface area (Å²) in [7, 11) is 1.24. The molecule has 0 bridgehead atoms. The molecule has 0 nitrogen and oxygen atoms in total. The van der Waals surface area contributed by atoms with Crippen LogP contribution >= 0.6 is 0 Å². The minimum atomic E-state index is 0.453. The summed E-state index contributed by atoms with van der Waals surface area (Å²) in [5.74, 6) is 0. The van der Waals surface area contributed by atoms with Gasteiger partial charge in [0.05, 0.1) is 0 Å². The van der Waals surface area contributed by atoms with Gasteiger partial charge in [0, 0.05) is 10.2 Å². The molecule has 0 unspecified atom stereocenters. The highest BCUT2D eigenvalue weighted by atomic mass is 28.1. The lowest BCUT2D eigenvalue weighted by atomic mass is 9.98. The van der Waals surface area contributed by atoms with Crippen LogP contribution in [0.5, 0.6) is 0 Å². The maximum atomic E-state index is 2.36. The molecule has 0 saturated heterocycles. The first kappa shape index (κ1) is 8.79. The first-order chi connectivity index (χ1) is 4.89. The summed E-state index contributed by atoms with van der Waals surface area (Å²) >= 11 is 0. The predicted octanol–water partition coefficient (Wildman–Crippen LogP) is 2.22. The molecule has 0 amide bonds. The fourth-order valence-electron chi connectivity index (χ4n) is 1.78. The molecule has 0 radical (unpaired) electrons. The van der Waals surface area contributed by atoms with Gasteiger partial charge in [-0.05, 0) is 43.9 Å². The molecular formula is C10H18Si. The van der Waals surface area contributed by atoms with Crippen molar-refractivity contribution in [3.05, 3.63) is 22.3 Å². The van der Waals surface area contributed by atoms with Gasteiger partial charge < -0.3 is 0 Å². The first-order valence-electron chi connectivity index (χ1n) is 4.25. The molecular weight excluding hydrogens is 148 g/mol. The van der Waals surface area contributed by atoms with Crippen LogP contribution in [0.1, 0.15) is 34.6 Å². The van der Waals surface area contributed by atoms with Gasteiger partial charge in [0.25, 0.3) is 0 Å². The van der Waals surface area contributed by atoms with Crippen LogP contribution < -0.4 is 0 Å². The van der Waals surface area contributed by atoms with Crippen molar-refractivity contribution in [3.63, 3.8) is 0 Å². The van der Waals surface area contributed by atoms with Gasteiger partial charge in [-0.15, -0.1) is 0 Å². The van der Waals surface area contributed by atoms with Crippen LogP contribution in [-0.2, 0) is 0 Å². The van der Waals surface area contributed by atoms with E-state index in [9.17, 15) is 0 Å². The molecule has 1 rings (SSSR count). The van der Waals surface area contributed by atoms with Gasteiger partial charge in [-0.2, -0.15) is 0 Å². The van der Waals surface area contributed by atoms with Gasteiger partial charge in [-0.1, -0.05) is 18.1 Å². The molecule has 62 valence electrons. The van der Waals surface area contributed by atoms with E-state index in [1.807, 2.05) is 0 Å². The molecule has 0 aromatic heterocycles. The van der Waals surface area contributed by atoms with E-state index in [-0.39, 0.29) is 0 Å². The van der Waals surface area contributed by atoms with Crippen LogP contribution in [0.25, 0.3) is 0 Å². The Hall–Kier alpha value is -0.303. The van der Waals surface area contributed by atoms with E-state index < -0.39 is 0 Å². The Morgan fingerprint density at radius 2 is 1.18 bits per heavy atom. The molecule has 0 aliphatic heterocycles. The quantitative estimate of drug-likeness (QED) is 0.484. The lowest BCUT2D eigenvalue weighted by Gasteiger charge is -2.23. The van der Waals surface area contributed by atoms with E-state index in [0.29, 0.717) is 5.04 Å². The molecule has 1 heteroatoms. The summed E-state index contributed by atoms with van der Waals surface area (Å²) < 4.78 is 0. The number of hydrogen-bond donors (Lipinski definition) is 0. The van der Waals surface area contributed by atoms with Gasteiger partial charge in [0.1, 0.15) is 0 Å². The van der Waals surface area contributed by atoms with Crippen molar-refractivity contribution in [2.75, 3.05) is 0 Å². The van der Waals surface area contributed by atoms with Crippen molar-refractivity contribution in [1.82, 2.24) is 0 Å². The van der Waals surface area contributed by atoms with Crippen LogP contribution in [0.2, 0.25) is 5.04 Å². The Kier molecular flexibility index (Phi) is 1.87. The number of hydrogen-bond acceptors (Lipinski definition) is 0. The van der Waals surface area contributed by atoms with Crippen molar-refractivity contribution in [2.45, 2.75) is 39.7 Å². The minimum absolute atomic E-state index is 0.453. The van der Waals surface area contributed by atoms with Crippen molar-refractivity contribution >= 4 is 10.2 Å². The molecule has 0 atom stereocenters. The Labute approximate surface area is 72.8 Å². The second kappa shape index (κ2) is 2.34. The molecule has 0 aromatic rings. The third kappa shape index (κ3) is 1.02. The molecule has 0 saturated carbocycles. The average Bonchev–Trinajstić information content (AvgIpc) is 2.06. The minimum Gasteiger partial charge on any atom is -0.0640 e. The van der Waals surface area contributed by atoms with Crippen molar-refractivity contribution in [3.8, 4) is 0 Å². The molecule has 0 heterocycles. The summed E-state index contributed by atoms with van der Waals surface area (Å²) in [4.78, 5) is 0. The zero-order chi connectivity index (χ0) is 8.81. The van der Waals surface area contributed by atoms with Crippen molar-refractivity contribution in [1.29, 1.82) is 0 Å². The highest BCUT2D eigenvalue weighted by molar-refractivity contribution is 6.20. The fraction of sp³-hybridized carbons (Fsp3) is 0.600. The van der Waals surface area contributed by atoms with Crippen LogP contribution in [0, 0.1) is 0 Å². The van der Waals surface area contributed by atoms with E-state index in [4.69, 9.17) is 0 Å². The van der Waals surface area contributed by atoms with E-state index in [1.165, 1.54) is 21.4 Å². The fourth-order valence-corrected chi connectivity index (χ4v) is 2.53. The first-order valence-corrected chi connectivity index (χ1v) is 5.25. The zero-order valence-corrected chi connectivity index (χ0v) is 10.5. The van der Waals surface area contributed by atoms with E-state index in [0.717, 1.165) is 0 Å². The number of rotatable bonds is 0. The van der Waals surface area contributed by atoms with E-state index >= 15 is 0 Å². The Morgan fingerprint density at radius 1 is 0.909 bits per heavy atom. The third-order valence-corrected chi connectivity index (χ3v) is 5.06. The Balaban J connectivity index is 3.27. The van der Waals surface area contributed by atoms with Crippen molar-refractivity contribution in [2.24, 2.45) is 0 Å². The summed E-state index contributed by atoms with van der Waals surface area (Å²) in [6, 6.07) is 0. The SMILES string of the molecule is CC1=C(C)C(C)([SiH3])C(C)=C1C. The second-order valence-corrected chi connectivity index (χ2v) is 6.12. The average molecular weight is 166 g/mol. The molecule has 0 N–H and O–H groups in total. The van der Waals surface area contributed by atoms with Crippen LogP contribution in [0.15, 0.2) is 22.3 Å². The summed E-state index contributed by atoms with van der Waals surface area (Å²) in [5.41, 5.74) is 6.25. The highest BCUT2D eigenvalue weighted by Crippen LogP contribution is 2.49. The predicted molar refractivity (Wildman–Crippen MR) is 55.1 cm³/mol. The highest BCUT2D eigenvalue weighted by Gasteiger charge is 2.30. The molecule has 1 aliphatic carbocycles. The van der Waals surface area contributed by atoms with Gasteiger partial charge >= 0.3 is 0 Å². The number of allylic oxidation sites excluding steroid dienone is 4. The van der Waals surface area contributed by atoms with Crippen LogP contribution in [0.4, 0.5) is 0 Å². The zero-order valence-electron chi connectivity index (χ0n) is 8.50. The topological polar surface area (TPSA) is 0 Å². The Bertz CT molecular complexity index is 228. The summed E-state index contributed by atoms with van der Waals surface area (Å²) in [6.07, 6.45) is 0. The monoisotopic (exact) mass is 166 g/mol. The second-order valence-electron chi connectivity index (χ2n) is 4.12. The molecule has 0 fully saturated rings. The van der Waals surface area contributed by atoms with Gasteiger partial charge in [-0.3, -0.25) is 0 Å². The van der Waals surface area contributed by atoms with Gasteiger partial charge in [0.2, 0.25) is 0 Å². The smallest absolute Gasteiger partial charge is 0.0206 e. The molecule has 11 heavy (non-hydrogen) atoms. The lowest BCUT2D eigenvalue weighted by molar-refractivity contribution is 0.841. The maximum Gasteiger partial charge on any atom is 0.0206 e. The van der Waals surface area contributed by atoms with E-state index in [2.05, 4.69) is 34.6 Å². The van der Waals surface area contributed by atoms with Crippen LogP contribution in [-0.4, -0.2) is 10.2 Å². The normalized spacial score (nSPS) is 23.7. The maximum absolute atomic E-state index is 2.36. The standard InChI is InChI=1S/C10H18Si/c1-6-7(2)9(4)10(5,11)8(6)3/h1-5,11H3. The van der Waals surface area contributed by atoms with E-state index in [1.54, 1.807) is 11.1 Å². The molecule has 0 spiro atoms. The van der Waals surface area contributed by atoms with Gasteiger partial charge in [-0.25, -0.2) is 0 Å². The van der Waals surface area contributed by atoms with Crippen molar-refractivity contribution < 1.29 is 0 Å². The Morgan fingerprint density at radius 3 is 1.27 bits per heavy atom. The molecule has 0 aromatic carbocycles.